The van der Waals surface area contributed by atoms with Crippen molar-refractivity contribution in [2.45, 2.75) is 62.6 Å². The monoisotopic (exact) mass is 505 g/mol. The minimum Gasteiger partial charge on any atom is -0.443 e. The van der Waals surface area contributed by atoms with Crippen molar-refractivity contribution in [2.75, 3.05) is 6.54 Å². The predicted molar refractivity (Wildman–Crippen MR) is 142 cm³/mol. The lowest BCUT2D eigenvalue weighted by molar-refractivity contribution is -0.266. The number of nitrogens with zero attached hydrogens (tertiary/aromatic N) is 1. The summed E-state index contributed by atoms with van der Waals surface area (Å²) in [5.74, 6) is 0. The molecular weight excluding hydrogens is 470 g/mol. The van der Waals surface area contributed by atoms with Crippen LogP contribution in [0.15, 0.2) is 78.9 Å². The molecule has 6 nitrogen and oxygen atoms in total. The van der Waals surface area contributed by atoms with Gasteiger partial charge in [0.15, 0.2) is 0 Å². The third-order valence-corrected chi connectivity index (χ3v) is 9.10. The maximum Gasteiger partial charge on any atom is 0.0914 e. The van der Waals surface area contributed by atoms with Crippen molar-refractivity contribution in [3.8, 4) is 0 Å². The van der Waals surface area contributed by atoms with E-state index in [9.17, 15) is 14.5 Å². The fourth-order valence-electron chi connectivity index (χ4n) is 5.69. The zero-order chi connectivity index (χ0) is 26.3. The molecule has 3 N–H and O–H groups in total. The van der Waals surface area contributed by atoms with Crippen LogP contribution in [0.4, 0.5) is 0 Å². The number of aliphatic hydroxyl groups is 1. The van der Waals surface area contributed by atoms with E-state index in [0.717, 1.165) is 27.3 Å². The van der Waals surface area contributed by atoms with Gasteiger partial charge in [0.25, 0.3) is 0 Å². The minimum absolute atomic E-state index is 0.198. The summed E-state index contributed by atoms with van der Waals surface area (Å²) in [6.45, 7) is 9.75. The molecule has 0 spiro atoms. The summed E-state index contributed by atoms with van der Waals surface area (Å²) >= 11 is 0. The molecule has 2 atom stereocenters. The summed E-state index contributed by atoms with van der Waals surface area (Å²) in [4.78, 5) is 0. The predicted octanol–water partition coefficient (Wildman–Crippen LogP) is 5.50. The van der Waals surface area contributed by atoms with E-state index < -0.39 is 38.6 Å². The Hall–Kier alpha value is -2.55. The molecule has 0 saturated heterocycles. The molecule has 0 amide bonds. The van der Waals surface area contributed by atoms with Crippen LogP contribution in [0.25, 0.3) is 0 Å². The molecule has 4 rings (SSSR count). The fourth-order valence-corrected chi connectivity index (χ4v) is 6.79. The van der Waals surface area contributed by atoms with Crippen LogP contribution in [0.3, 0.4) is 0 Å². The lowest BCUT2D eigenvalue weighted by Crippen LogP contribution is -2.49. The van der Waals surface area contributed by atoms with Gasteiger partial charge in [0.05, 0.1) is 17.2 Å². The van der Waals surface area contributed by atoms with Crippen LogP contribution in [0.1, 0.15) is 68.5 Å². The molecule has 1 heterocycles. The normalized spacial score (nSPS) is 18.7. The Balaban J connectivity index is 1.64. The van der Waals surface area contributed by atoms with Crippen LogP contribution in [-0.2, 0) is 35.8 Å². The highest BCUT2D eigenvalue weighted by molar-refractivity contribution is 7.75. The number of hydrogen-bond acceptors (Lipinski definition) is 6. The average molecular weight is 506 g/mol. The van der Waals surface area contributed by atoms with Crippen molar-refractivity contribution < 1.29 is 14.5 Å². The van der Waals surface area contributed by atoms with E-state index in [2.05, 4.69) is 5.32 Å². The number of hydroxylamine groups is 2. The number of benzene rings is 3. The molecule has 0 saturated carbocycles. The Labute approximate surface area is 216 Å². The molecule has 0 fully saturated rings. The maximum atomic E-state index is 13.2. The summed E-state index contributed by atoms with van der Waals surface area (Å²) in [7, 11) is -2.01. The molecule has 1 aliphatic heterocycles. The summed E-state index contributed by atoms with van der Waals surface area (Å²) in [6.07, 6.45) is -0.846. The largest absolute Gasteiger partial charge is 0.443 e. The van der Waals surface area contributed by atoms with E-state index in [1.165, 1.54) is 0 Å². The first-order valence-corrected chi connectivity index (χ1v) is 13.4. The first-order chi connectivity index (χ1) is 16.9. The van der Waals surface area contributed by atoms with Gasteiger partial charge in [-0.3, -0.25) is 0 Å². The molecule has 0 bridgehead atoms. The smallest absolute Gasteiger partial charge is 0.0914 e. The fraction of sp³-hybridized carbons (Fsp3) is 0.379. The maximum absolute atomic E-state index is 13.2. The van der Waals surface area contributed by atoms with Crippen LogP contribution in [0.5, 0.6) is 0 Å². The van der Waals surface area contributed by atoms with Crippen LogP contribution >= 0.6 is 0 Å². The zero-order valence-electron chi connectivity index (χ0n) is 21.5. The Kier molecular flexibility index (Phi) is 7.16. The third kappa shape index (κ3) is 4.19. The average Bonchev–Trinajstić information content (AvgIpc) is 3.00. The van der Waals surface area contributed by atoms with Gasteiger partial charge >= 0.3 is 0 Å². The highest BCUT2D eigenvalue weighted by atomic mass is 32.2. The zero-order valence-corrected chi connectivity index (χ0v) is 22.3. The molecule has 0 unspecified atom stereocenters. The lowest BCUT2D eigenvalue weighted by Gasteiger charge is -2.44. The van der Waals surface area contributed by atoms with E-state index in [0.29, 0.717) is 5.56 Å². The summed E-state index contributed by atoms with van der Waals surface area (Å²) in [5, 5.41) is 28.6. The molecule has 0 aromatic heterocycles. The molecule has 3 aromatic carbocycles. The van der Waals surface area contributed by atoms with Crippen molar-refractivity contribution in [3.05, 3.63) is 107 Å². The van der Waals surface area contributed by atoms with Crippen molar-refractivity contribution in [2.24, 2.45) is 0 Å². The molecule has 1 radical (unpaired) electrons. The number of nitrogens with one attached hydrogen (secondary N) is 2. The number of hydrogen-bond donors (Lipinski definition) is 3. The van der Waals surface area contributed by atoms with E-state index >= 15 is 0 Å². The van der Waals surface area contributed by atoms with Gasteiger partial charge in [0.2, 0.25) is 0 Å². The van der Waals surface area contributed by atoms with Gasteiger partial charge in [0.1, 0.15) is 0 Å². The summed E-state index contributed by atoms with van der Waals surface area (Å²) in [5.41, 5.74) is 2.81. The third-order valence-electron chi connectivity index (χ3n) is 7.69. The van der Waals surface area contributed by atoms with E-state index in [-0.39, 0.29) is 6.54 Å². The Bertz CT molecular complexity index is 1240. The quantitative estimate of drug-likeness (QED) is 0.352. The number of aliphatic hydroxyl groups excluding tert-OH is 1. The van der Waals surface area contributed by atoms with Gasteiger partial charge in [0, 0.05) is 12.6 Å². The van der Waals surface area contributed by atoms with Crippen molar-refractivity contribution in [3.63, 3.8) is 0 Å². The van der Waals surface area contributed by atoms with Gasteiger partial charge in [-0.15, -0.1) is 10.3 Å². The summed E-state index contributed by atoms with van der Waals surface area (Å²) in [6, 6.07) is 24.2. The molecule has 0 aliphatic carbocycles. The molecule has 7 heteroatoms. The summed E-state index contributed by atoms with van der Waals surface area (Å²) < 4.78 is 20.5. The molecule has 1 aliphatic rings. The minimum atomic E-state index is -2.01. The van der Waals surface area contributed by atoms with Gasteiger partial charge in [-0.2, -0.15) is 10.6 Å². The van der Waals surface area contributed by atoms with E-state index in [4.69, 9.17) is 4.78 Å². The standard InChI is InChI=1S/C29H35N3O3S/c1-20(29(36(30)35,22-12-8-6-9-13-22)23-14-10-7-11-15-23)31-19-26(33)21-16-17-24-25(18-21)28(4,5)32(34)27(24,2)3/h6-18,20,26,30-31,33H,19H2,1-5H3/q-1/t20-,26+/m1/s1. The topological polar surface area (TPSA) is 96.3 Å². The number of rotatable bonds is 8. The Morgan fingerprint density at radius 1 is 0.917 bits per heavy atom. The molecular formula is C29H35N3O3S-. The highest BCUT2D eigenvalue weighted by Crippen LogP contribution is 2.48. The lowest BCUT2D eigenvalue weighted by atomic mass is 9.84. The first kappa shape index (κ1) is 26.5. The van der Waals surface area contributed by atoms with E-state index in [1.807, 2.05) is 113 Å². The van der Waals surface area contributed by atoms with Crippen LogP contribution < -0.4 is 5.32 Å². The van der Waals surface area contributed by atoms with Crippen LogP contribution in [0, 0.1) is 4.78 Å². The second-order valence-electron chi connectivity index (χ2n) is 10.6. The van der Waals surface area contributed by atoms with Crippen molar-refractivity contribution in [1.82, 2.24) is 10.4 Å². The number of fused-ring (bicyclic) bond motifs is 1. The van der Waals surface area contributed by atoms with Crippen molar-refractivity contribution in [1.29, 1.82) is 4.78 Å². The second kappa shape index (κ2) is 9.72. The highest BCUT2D eigenvalue weighted by Gasteiger charge is 2.50. The van der Waals surface area contributed by atoms with Gasteiger partial charge in [-0.05, 0) is 49.1 Å². The Morgan fingerprint density at radius 3 is 1.92 bits per heavy atom. The SMILES string of the molecule is C[C@@H](NC[C@H](O)c1ccc2c(c1)C(C)(C)N([O])C2(C)C)C(c1ccccc1)(c1ccccc1)[S-](=N)=O. The first-order valence-electron chi connectivity index (χ1n) is 12.2. The molecule has 191 valence electrons. The van der Waals surface area contributed by atoms with Crippen molar-refractivity contribution >= 4 is 10.6 Å². The molecule has 3 aromatic rings. The van der Waals surface area contributed by atoms with E-state index in [1.54, 1.807) is 0 Å². The van der Waals surface area contributed by atoms with Crippen LogP contribution in [0.2, 0.25) is 0 Å². The second-order valence-corrected chi connectivity index (χ2v) is 11.8. The van der Waals surface area contributed by atoms with Gasteiger partial charge in [-0.25, -0.2) is 0 Å². The Morgan fingerprint density at radius 2 is 1.42 bits per heavy atom. The van der Waals surface area contributed by atoms with Crippen LogP contribution in [-0.4, -0.2) is 22.8 Å². The van der Waals surface area contributed by atoms with Gasteiger partial charge < -0.3 is 19.4 Å². The molecule has 36 heavy (non-hydrogen) atoms. The van der Waals surface area contributed by atoms with Gasteiger partial charge in [-0.1, -0.05) is 96.9 Å².